The molecule has 0 aliphatic carbocycles. The summed E-state index contributed by atoms with van der Waals surface area (Å²) in [5.74, 6) is -2.98. The highest BCUT2D eigenvalue weighted by molar-refractivity contribution is 6.35. The minimum atomic E-state index is -1.29. The second-order valence-electron chi connectivity index (χ2n) is 7.11. The number of aromatic nitrogens is 3. The third-order valence-corrected chi connectivity index (χ3v) is 5.25. The van der Waals surface area contributed by atoms with Gasteiger partial charge in [0.05, 0.1) is 22.4 Å². The average Bonchev–Trinajstić information content (AvgIpc) is 3.41. The first-order valence-corrected chi connectivity index (χ1v) is 9.47. The first-order valence-electron chi connectivity index (χ1n) is 9.47. The van der Waals surface area contributed by atoms with E-state index in [1.165, 1.54) is 48.5 Å². The van der Waals surface area contributed by atoms with Crippen LogP contribution < -0.4 is 4.90 Å². The number of carbonyl (C=O) groups excluding carboxylic acids is 2. The van der Waals surface area contributed by atoms with E-state index in [1.54, 1.807) is 18.3 Å². The van der Waals surface area contributed by atoms with Crippen LogP contribution in [0.5, 0.6) is 0 Å². The van der Waals surface area contributed by atoms with Crippen molar-refractivity contribution in [1.82, 2.24) is 15.4 Å². The van der Waals surface area contributed by atoms with E-state index in [9.17, 15) is 23.9 Å². The number of aromatic amines is 1. The average molecular weight is 428 g/mol. The summed E-state index contributed by atoms with van der Waals surface area (Å²) >= 11 is 0. The summed E-state index contributed by atoms with van der Waals surface area (Å²) < 4.78 is 13.3. The molecule has 2 amide bonds. The van der Waals surface area contributed by atoms with Crippen LogP contribution in [-0.2, 0) is 0 Å². The second-order valence-corrected chi connectivity index (χ2v) is 7.11. The molecule has 0 spiro atoms. The van der Waals surface area contributed by atoms with Gasteiger partial charge in [0.25, 0.3) is 11.8 Å². The van der Waals surface area contributed by atoms with Crippen LogP contribution >= 0.6 is 0 Å². The molecule has 4 aromatic rings. The Labute approximate surface area is 179 Å². The van der Waals surface area contributed by atoms with Gasteiger partial charge in [-0.3, -0.25) is 14.7 Å². The Hall–Kier alpha value is -4.66. The van der Waals surface area contributed by atoms with Crippen molar-refractivity contribution in [2.24, 2.45) is 0 Å². The number of aromatic carboxylic acids is 1. The fourth-order valence-corrected chi connectivity index (χ4v) is 3.68. The van der Waals surface area contributed by atoms with Gasteiger partial charge in [-0.15, -0.1) is 5.10 Å². The van der Waals surface area contributed by atoms with Crippen molar-refractivity contribution in [3.05, 3.63) is 89.4 Å². The number of hydrogen-bond acceptors (Lipinski definition) is 5. The van der Waals surface area contributed by atoms with Crippen molar-refractivity contribution < 1.29 is 23.9 Å². The standard InChI is InChI=1S/C23H13FN4O4/c24-15-5-1-12(2-6-15)13-3-8-17(23(31)32)20(10-13)28-21(29)16-7-4-14(9-18(16)22(28)30)19-11-25-27-26-19/h1-11H,(H,31,32)(H,25,26,27). The lowest BCUT2D eigenvalue weighted by atomic mass is 10.0. The lowest BCUT2D eigenvalue weighted by Crippen LogP contribution is -2.31. The molecule has 156 valence electrons. The summed E-state index contributed by atoms with van der Waals surface area (Å²) in [4.78, 5) is 39.0. The number of H-pyrrole nitrogens is 1. The van der Waals surface area contributed by atoms with E-state index in [-0.39, 0.29) is 22.4 Å². The van der Waals surface area contributed by atoms with Gasteiger partial charge in [-0.05, 0) is 47.5 Å². The van der Waals surface area contributed by atoms with E-state index >= 15 is 0 Å². The predicted octanol–water partition coefficient (Wildman–Crippen LogP) is 3.78. The second kappa shape index (κ2) is 7.24. The molecule has 0 unspecified atom stereocenters. The number of amides is 2. The first kappa shape index (κ1) is 19.3. The van der Waals surface area contributed by atoms with Gasteiger partial charge in [0.15, 0.2) is 0 Å². The third kappa shape index (κ3) is 3.03. The Morgan fingerprint density at radius 2 is 1.56 bits per heavy atom. The molecule has 9 heteroatoms. The molecule has 1 aliphatic heterocycles. The zero-order valence-electron chi connectivity index (χ0n) is 16.2. The topological polar surface area (TPSA) is 116 Å². The van der Waals surface area contributed by atoms with Crippen LogP contribution in [0.2, 0.25) is 0 Å². The fourth-order valence-electron chi connectivity index (χ4n) is 3.68. The molecule has 0 fully saturated rings. The van der Waals surface area contributed by atoms with E-state index in [0.717, 1.165) is 4.90 Å². The van der Waals surface area contributed by atoms with Gasteiger partial charge in [-0.2, -0.15) is 0 Å². The van der Waals surface area contributed by atoms with Crippen LogP contribution in [-0.4, -0.2) is 38.3 Å². The molecular formula is C23H13FN4O4. The normalized spacial score (nSPS) is 12.8. The van der Waals surface area contributed by atoms with Crippen molar-refractivity contribution in [2.45, 2.75) is 0 Å². The number of hydrogen-bond donors (Lipinski definition) is 2. The van der Waals surface area contributed by atoms with Gasteiger partial charge in [-0.25, -0.2) is 14.1 Å². The number of imide groups is 1. The van der Waals surface area contributed by atoms with Crippen molar-refractivity contribution >= 4 is 23.5 Å². The summed E-state index contributed by atoms with van der Waals surface area (Å²) in [6.45, 7) is 0. The summed E-state index contributed by atoms with van der Waals surface area (Å²) in [5.41, 5.74) is 2.25. The summed E-state index contributed by atoms with van der Waals surface area (Å²) in [7, 11) is 0. The molecule has 3 aromatic carbocycles. The Kier molecular flexibility index (Phi) is 4.37. The molecule has 0 bridgehead atoms. The van der Waals surface area contributed by atoms with Crippen LogP contribution in [0.15, 0.2) is 66.9 Å². The van der Waals surface area contributed by atoms with Crippen LogP contribution in [0.1, 0.15) is 31.1 Å². The van der Waals surface area contributed by atoms with Crippen molar-refractivity contribution in [3.63, 3.8) is 0 Å². The third-order valence-electron chi connectivity index (χ3n) is 5.25. The maximum atomic E-state index is 13.3. The number of carboxylic acid groups (broad SMARTS) is 1. The molecule has 0 saturated heterocycles. The molecule has 32 heavy (non-hydrogen) atoms. The molecule has 2 N–H and O–H groups in total. The van der Waals surface area contributed by atoms with E-state index in [0.29, 0.717) is 22.4 Å². The number of nitrogens with zero attached hydrogens (tertiary/aromatic N) is 3. The fraction of sp³-hybridized carbons (Fsp3) is 0. The maximum Gasteiger partial charge on any atom is 0.337 e. The lowest BCUT2D eigenvalue weighted by molar-refractivity contribution is 0.0698. The predicted molar refractivity (Wildman–Crippen MR) is 112 cm³/mol. The number of anilines is 1. The SMILES string of the molecule is O=C(O)c1ccc(-c2ccc(F)cc2)cc1N1C(=O)c2ccc(-c3c[nH]nn3)cc2C1=O. The molecule has 5 rings (SSSR count). The van der Waals surface area contributed by atoms with E-state index in [4.69, 9.17) is 0 Å². The summed E-state index contributed by atoms with van der Waals surface area (Å²) in [6, 6.07) is 14.6. The zero-order chi connectivity index (χ0) is 22.4. The highest BCUT2D eigenvalue weighted by Crippen LogP contribution is 2.35. The molecule has 0 atom stereocenters. The largest absolute Gasteiger partial charge is 0.478 e. The monoisotopic (exact) mass is 428 g/mol. The first-order chi connectivity index (χ1) is 15.4. The van der Waals surface area contributed by atoms with Crippen LogP contribution in [0.4, 0.5) is 10.1 Å². The highest BCUT2D eigenvalue weighted by Gasteiger charge is 2.39. The van der Waals surface area contributed by atoms with E-state index < -0.39 is 23.6 Å². The van der Waals surface area contributed by atoms with Crippen molar-refractivity contribution in [3.8, 4) is 22.4 Å². The minimum Gasteiger partial charge on any atom is -0.478 e. The van der Waals surface area contributed by atoms with E-state index in [2.05, 4.69) is 15.4 Å². The molecule has 2 heterocycles. The molecule has 0 saturated carbocycles. The van der Waals surface area contributed by atoms with Gasteiger partial charge in [0, 0.05) is 11.8 Å². The zero-order valence-corrected chi connectivity index (χ0v) is 16.2. The Bertz CT molecular complexity index is 1400. The number of carboxylic acids is 1. The van der Waals surface area contributed by atoms with Gasteiger partial charge in [-0.1, -0.05) is 29.5 Å². The van der Waals surface area contributed by atoms with Crippen LogP contribution in [0.25, 0.3) is 22.4 Å². The molecule has 1 aliphatic rings. The van der Waals surface area contributed by atoms with Gasteiger partial charge >= 0.3 is 5.97 Å². The summed E-state index contributed by atoms with van der Waals surface area (Å²) in [5, 5.41) is 19.8. The number of carbonyl (C=O) groups is 3. The van der Waals surface area contributed by atoms with Gasteiger partial charge in [0.1, 0.15) is 11.5 Å². The Morgan fingerprint density at radius 3 is 2.25 bits per heavy atom. The number of fused-ring (bicyclic) bond motifs is 1. The number of halogens is 1. The number of rotatable bonds is 4. The lowest BCUT2D eigenvalue weighted by Gasteiger charge is -2.18. The van der Waals surface area contributed by atoms with Crippen molar-refractivity contribution in [2.75, 3.05) is 4.90 Å². The molecule has 0 radical (unpaired) electrons. The van der Waals surface area contributed by atoms with Crippen molar-refractivity contribution in [1.29, 1.82) is 0 Å². The Balaban J connectivity index is 1.62. The Morgan fingerprint density at radius 1 is 0.875 bits per heavy atom. The quantitative estimate of drug-likeness (QED) is 0.478. The van der Waals surface area contributed by atoms with Crippen LogP contribution in [0.3, 0.4) is 0 Å². The van der Waals surface area contributed by atoms with Gasteiger partial charge in [0.2, 0.25) is 0 Å². The minimum absolute atomic E-state index is 0.0616. The van der Waals surface area contributed by atoms with E-state index in [1.807, 2.05) is 0 Å². The smallest absolute Gasteiger partial charge is 0.337 e. The number of benzene rings is 3. The molecule has 1 aromatic heterocycles. The maximum absolute atomic E-state index is 13.3. The molecule has 8 nitrogen and oxygen atoms in total. The molecular weight excluding hydrogens is 415 g/mol. The van der Waals surface area contributed by atoms with Gasteiger partial charge < -0.3 is 5.11 Å². The summed E-state index contributed by atoms with van der Waals surface area (Å²) in [6.07, 6.45) is 1.55. The van der Waals surface area contributed by atoms with Crippen LogP contribution in [0, 0.1) is 5.82 Å². The highest BCUT2D eigenvalue weighted by atomic mass is 19.1. The number of nitrogens with one attached hydrogen (secondary N) is 1.